The molecule has 0 spiro atoms. The third-order valence-electron chi connectivity index (χ3n) is 8.44. The van der Waals surface area contributed by atoms with E-state index in [0.29, 0.717) is 49.4 Å². The summed E-state index contributed by atoms with van der Waals surface area (Å²) in [5, 5.41) is 14.7. The lowest BCUT2D eigenvalue weighted by atomic mass is 10.0. The summed E-state index contributed by atoms with van der Waals surface area (Å²) in [6, 6.07) is 5.05. The van der Waals surface area contributed by atoms with Gasteiger partial charge < -0.3 is 29.7 Å². The number of halogens is 2. The first kappa shape index (κ1) is 29.9. The molecule has 0 bridgehead atoms. The minimum atomic E-state index is -3.12. The van der Waals surface area contributed by atoms with Gasteiger partial charge in [0.1, 0.15) is 35.9 Å². The molecule has 46 heavy (non-hydrogen) atoms. The van der Waals surface area contributed by atoms with Crippen LogP contribution in [0.4, 0.5) is 20.2 Å². The molecule has 0 unspecified atom stereocenters. The van der Waals surface area contributed by atoms with Crippen LogP contribution in [0.2, 0.25) is 0 Å². The Morgan fingerprint density at radius 3 is 2.76 bits per heavy atom. The number of nitrogens with zero attached hydrogens (tertiary/aromatic N) is 7. The summed E-state index contributed by atoms with van der Waals surface area (Å²) in [5.41, 5.74) is 1.49. The van der Waals surface area contributed by atoms with E-state index in [9.17, 15) is 18.4 Å². The van der Waals surface area contributed by atoms with E-state index in [4.69, 9.17) is 14.2 Å². The van der Waals surface area contributed by atoms with E-state index in [1.165, 1.54) is 33.7 Å². The Bertz CT molecular complexity index is 1730. The number of hydrogen-bond acceptors (Lipinski definition) is 10. The van der Waals surface area contributed by atoms with Gasteiger partial charge in [-0.05, 0) is 25.0 Å². The topological polar surface area (TPSA) is 140 Å². The molecule has 0 saturated carbocycles. The number of carbonyl (C=O) groups excluding carboxylic acids is 2. The van der Waals surface area contributed by atoms with Gasteiger partial charge in [0.05, 0.1) is 36.3 Å². The first-order valence-electron chi connectivity index (χ1n) is 15.2. The van der Waals surface area contributed by atoms with Crippen LogP contribution in [-0.2, 0) is 16.1 Å². The van der Waals surface area contributed by atoms with Crippen molar-refractivity contribution in [3.63, 3.8) is 0 Å². The average Bonchev–Trinajstić information content (AvgIpc) is 3.68. The van der Waals surface area contributed by atoms with Crippen LogP contribution in [0.3, 0.4) is 0 Å². The van der Waals surface area contributed by atoms with Gasteiger partial charge in [0.25, 0.3) is 5.91 Å². The lowest BCUT2D eigenvalue weighted by Crippen LogP contribution is -2.50. The van der Waals surface area contributed by atoms with Gasteiger partial charge in [-0.15, -0.1) is 0 Å². The maximum absolute atomic E-state index is 13.6. The van der Waals surface area contributed by atoms with Gasteiger partial charge in [-0.1, -0.05) is 0 Å². The van der Waals surface area contributed by atoms with Gasteiger partial charge in [0.2, 0.25) is 5.91 Å². The largest absolute Gasteiger partial charge is 0.490 e. The van der Waals surface area contributed by atoms with Crippen LogP contribution in [0.25, 0.3) is 16.9 Å². The number of nitrogens with one attached hydrogen (secondary N) is 2. The molecule has 14 nitrogen and oxygen atoms in total. The number of piperidine rings is 1. The maximum atomic E-state index is 13.6. The normalized spacial score (nSPS) is 17.4. The van der Waals surface area contributed by atoms with Crippen molar-refractivity contribution in [3.8, 4) is 22.8 Å². The summed E-state index contributed by atoms with van der Waals surface area (Å²) in [7, 11) is 0. The molecule has 6 heterocycles. The van der Waals surface area contributed by atoms with Gasteiger partial charge in [-0.2, -0.15) is 19.0 Å². The molecule has 2 N–H and O–H groups in total. The van der Waals surface area contributed by atoms with E-state index >= 15 is 0 Å². The second-order valence-electron chi connectivity index (χ2n) is 11.2. The van der Waals surface area contributed by atoms with Crippen LogP contribution in [0.5, 0.6) is 11.5 Å². The summed E-state index contributed by atoms with van der Waals surface area (Å²) in [4.78, 5) is 35.4. The van der Waals surface area contributed by atoms with Crippen LogP contribution < -0.4 is 20.1 Å². The molecule has 242 valence electrons. The minimum Gasteiger partial charge on any atom is -0.490 e. The number of anilines is 2. The Labute approximate surface area is 262 Å². The van der Waals surface area contributed by atoms with E-state index < -0.39 is 12.5 Å². The smallest absolute Gasteiger partial charge is 0.387 e. The highest BCUT2D eigenvalue weighted by Crippen LogP contribution is 2.42. The Morgan fingerprint density at radius 2 is 1.96 bits per heavy atom. The fourth-order valence-electron chi connectivity index (χ4n) is 6.17. The highest BCUT2D eigenvalue weighted by molar-refractivity contribution is 6.09. The van der Waals surface area contributed by atoms with Gasteiger partial charge >= 0.3 is 6.61 Å². The predicted molar refractivity (Wildman–Crippen MR) is 161 cm³/mol. The van der Waals surface area contributed by atoms with E-state index in [2.05, 4.69) is 30.7 Å². The summed E-state index contributed by atoms with van der Waals surface area (Å²) >= 11 is 0. The number of hydrogen-bond donors (Lipinski definition) is 2. The van der Waals surface area contributed by atoms with Crippen LogP contribution in [0, 0.1) is 0 Å². The highest BCUT2D eigenvalue weighted by atomic mass is 19.3. The van der Waals surface area contributed by atoms with Crippen molar-refractivity contribution in [2.24, 2.45) is 0 Å². The van der Waals surface area contributed by atoms with Crippen molar-refractivity contribution < 1.29 is 32.6 Å². The quantitative estimate of drug-likeness (QED) is 0.296. The van der Waals surface area contributed by atoms with E-state index in [1.54, 1.807) is 18.5 Å². The number of rotatable bonds is 8. The number of amides is 2. The molecule has 3 aromatic heterocycles. The first-order valence-corrected chi connectivity index (χ1v) is 15.2. The number of alkyl halides is 2. The summed E-state index contributed by atoms with van der Waals surface area (Å²) in [5.74, 6) is -0.429. The average molecular weight is 638 g/mol. The fourth-order valence-corrected chi connectivity index (χ4v) is 6.17. The van der Waals surface area contributed by atoms with E-state index in [1.807, 2.05) is 4.90 Å². The predicted octanol–water partition coefficient (Wildman–Crippen LogP) is 2.57. The number of likely N-dealkylation sites (tertiary alicyclic amines) is 1. The lowest BCUT2D eigenvalue weighted by molar-refractivity contribution is -0.133. The Morgan fingerprint density at radius 1 is 1.13 bits per heavy atom. The molecule has 3 aliphatic rings. The molecule has 4 aromatic rings. The van der Waals surface area contributed by atoms with Gasteiger partial charge in [-0.3, -0.25) is 19.2 Å². The van der Waals surface area contributed by atoms with Crippen molar-refractivity contribution in [2.45, 2.75) is 32.0 Å². The minimum absolute atomic E-state index is 0.114. The molecule has 0 radical (unpaired) electrons. The number of aromatic nitrogens is 5. The first-order chi connectivity index (χ1) is 22.4. The van der Waals surface area contributed by atoms with Gasteiger partial charge in [0, 0.05) is 63.4 Å². The fraction of sp³-hybridized carbons (Fsp3) is 0.433. The number of benzene rings is 1. The molecule has 0 aliphatic carbocycles. The molecule has 0 atom stereocenters. The van der Waals surface area contributed by atoms with Crippen molar-refractivity contribution in [2.75, 3.05) is 63.2 Å². The Balaban J connectivity index is 1.17. The molecule has 1 aromatic carbocycles. The number of carbonyl (C=O) groups is 2. The second-order valence-corrected chi connectivity index (χ2v) is 11.2. The summed E-state index contributed by atoms with van der Waals surface area (Å²) in [6.07, 6.45) is 7.82. The van der Waals surface area contributed by atoms with Crippen molar-refractivity contribution in [1.29, 1.82) is 0 Å². The summed E-state index contributed by atoms with van der Waals surface area (Å²) < 4.78 is 46.2. The lowest BCUT2D eigenvalue weighted by Gasteiger charge is -2.40. The molecule has 2 saturated heterocycles. The zero-order chi connectivity index (χ0) is 31.6. The molecule has 2 fully saturated rings. The number of ether oxygens (including phenoxy) is 3. The van der Waals surface area contributed by atoms with Crippen LogP contribution in [0.1, 0.15) is 23.2 Å². The van der Waals surface area contributed by atoms with Crippen molar-refractivity contribution >= 4 is 28.8 Å². The molecular formula is C30H33F2N9O5. The zero-order valence-corrected chi connectivity index (χ0v) is 24.9. The Kier molecular flexibility index (Phi) is 8.36. The molecule has 16 heteroatoms. The monoisotopic (exact) mass is 637 g/mol. The molecular weight excluding hydrogens is 604 g/mol. The second kappa shape index (κ2) is 12.9. The van der Waals surface area contributed by atoms with E-state index in [0.717, 1.165) is 39.1 Å². The third-order valence-corrected chi connectivity index (χ3v) is 8.44. The van der Waals surface area contributed by atoms with Crippen LogP contribution in [0.15, 0.2) is 43.0 Å². The number of morpholine rings is 1. The summed E-state index contributed by atoms with van der Waals surface area (Å²) in [6.45, 7) is 2.11. The Hall–Kier alpha value is -4.83. The number of fused-ring (bicyclic) bond motifs is 2. The van der Waals surface area contributed by atoms with Crippen molar-refractivity contribution in [3.05, 3.63) is 48.5 Å². The molecule has 3 aliphatic heterocycles. The standard InChI is InChI=1S/C30H33F2N9O5/c31-30(32)46-24-15-22-25(45-11-5-33-22)14-20(24)27-23(36-29(43)21-16-35-41-6-1-4-34-28(21)41)17-40(37-27)18-26(42)39-7-2-19(3-8-39)38-9-12-44-13-10-38/h1,4,6,14-17,19,30,33H,2-3,5,7-13,18H2,(H,36,43). The van der Waals surface area contributed by atoms with E-state index in [-0.39, 0.29) is 40.7 Å². The zero-order valence-electron chi connectivity index (χ0n) is 24.9. The highest BCUT2D eigenvalue weighted by Gasteiger charge is 2.29. The van der Waals surface area contributed by atoms with Gasteiger partial charge in [0.15, 0.2) is 5.65 Å². The molecule has 2 amide bonds. The van der Waals surface area contributed by atoms with Crippen LogP contribution in [-0.4, -0.2) is 111 Å². The SMILES string of the molecule is O=C(Nc1cn(CC(=O)N2CCC(N3CCOCC3)CC2)nc1-c1cc2c(cc1OC(F)F)NCCO2)c1cnn2cccnc12. The van der Waals surface area contributed by atoms with Crippen molar-refractivity contribution in [1.82, 2.24) is 34.2 Å². The maximum Gasteiger partial charge on any atom is 0.387 e. The van der Waals surface area contributed by atoms with Crippen LogP contribution >= 0.6 is 0 Å². The van der Waals surface area contributed by atoms with Gasteiger partial charge in [-0.25, -0.2) is 9.50 Å². The third kappa shape index (κ3) is 6.17. The molecule has 7 rings (SSSR count).